The Morgan fingerprint density at radius 1 is 1.25 bits per heavy atom. The van der Waals surface area contributed by atoms with Gasteiger partial charge in [-0.25, -0.2) is 9.37 Å². The summed E-state index contributed by atoms with van der Waals surface area (Å²) in [6.45, 7) is 1.14. The molecule has 1 aliphatic heterocycles. The van der Waals surface area contributed by atoms with Crippen LogP contribution in [0.2, 0.25) is 0 Å². The van der Waals surface area contributed by atoms with Crippen LogP contribution in [0.25, 0.3) is 0 Å². The summed E-state index contributed by atoms with van der Waals surface area (Å²) in [5, 5.41) is 12.1. The molecule has 1 aromatic carbocycles. The van der Waals surface area contributed by atoms with Crippen LogP contribution < -0.4 is 5.32 Å². The minimum atomic E-state index is -0.482. The highest BCUT2D eigenvalue weighted by Gasteiger charge is 2.25. The van der Waals surface area contributed by atoms with Gasteiger partial charge in [-0.3, -0.25) is 4.79 Å². The standard InChI is InChI=1S/C18H17FN4O/c19-16-4-2-1-3-15(16)18(24)23-9-7-14(8-10-23)22-17-6-5-13(11-20)12-21-17/h1-6,12,14H,7-10H2,(H,21,22). The van der Waals surface area contributed by atoms with Crippen LogP contribution in [-0.4, -0.2) is 34.9 Å². The number of halogens is 1. The van der Waals surface area contributed by atoms with Crippen LogP contribution in [-0.2, 0) is 0 Å². The topological polar surface area (TPSA) is 69.0 Å². The van der Waals surface area contributed by atoms with Crippen LogP contribution in [0.1, 0.15) is 28.8 Å². The number of amides is 1. The Kier molecular flexibility index (Phi) is 4.71. The summed E-state index contributed by atoms with van der Waals surface area (Å²) in [7, 11) is 0. The molecule has 0 bridgehead atoms. The molecule has 1 aliphatic rings. The van der Waals surface area contributed by atoms with Crippen LogP contribution in [0.4, 0.5) is 10.2 Å². The predicted molar refractivity (Wildman–Crippen MR) is 87.9 cm³/mol. The van der Waals surface area contributed by atoms with Gasteiger partial charge >= 0.3 is 0 Å². The highest BCUT2D eigenvalue weighted by Crippen LogP contribution is 2.18. The second kappa shape index (κ2) is 7.09. The number of nitrogens with one attached hydrogen (secondary N) is 1. The van der Waals surface area contributed by atoms with Crippen molar-refractivity contribution < 1.29 is 9.18 Å². The summed E-state index contributed by atoms with van der Waals surface area (Å²) in [5.74, 6) is -0.0274. The number of nitriles is 1. The van der Waals surface area contributed by atoms with E-state index in [1.807, 2.05) is 6.07 Å². The number of likely N-dealkylation sites (tertiary alicyclic amines) is 1. The molecule has 3 rings (SSSR count). The zero-order chi connectivity index (χ0) is 16.9. The lowest BCUT2D eigenvalue weighted by Crippen LogP contribution is -2.42. The van der Waals surface area contributed by atoms with Gasteiger partial charge in [-0.2, -0.15) is 5.26 Å². The number of aromatic nitrogens is 1. The quantitative estimate of drug-likeness (QED) is 0.942. The first-order chi connectivity index (χ1) is 11.7. The third-order valence-electron chi connectivity index (χ3n) is 4.13. The molecule has 0 atom stereocenters. The van der Waals surface area contributed by atoms with Crippen LogP contribution in [0.3, 0.4) is 0 Å². The second-order valence-electron chi connectivity index (χ2n) is 5.73. The van der Waals surface area contributed by atoms with Crippen molar-refractivity contribution in [3.05, 3.63) is 59.5 Å². The smallest absolute Gasteiger partial charge is 0.256 e. The Bertz CT molecular complexity index is 761. The van der Waals surface area contributed by atoms with E-state index in [9.17, 15) is 9.18 Å². The highest BCUT2D eigenvalue weighted by molar-refractivity contribution is 5.94. The maximum Gasteiger partial charge on any atom is 0.256 e. The Labute approximate surface area is 139 Å². The van der Waals surface area contributed by atoms with Gasteiger partial charge in [0.2, 0.25) is 0 Å². The van der Waals surface area contributed by atoms with E-state index in [0.717, 1.165) is 12.8 Å². The van der Waals surface area contributed by atoms with Gasteiger partial charge in [0.25, 0.3) is 5.91 Å². The molecule has 1 N–H and O–H groups in total. The van der Waals surface area contributed by atoms with Crippen molar-refractivity contribution in [2.45, 2.75) is 18.9 Å². The number of piperidine rings is 1. The number of pyridine rings is 1. The van der Waals surface area contributed by atoms with Crippen LogP contribution in [0, 0.1) is 17.1 Å². The molecular formula is C18H17FN4O. The number of hydrogen-bond acceptors (Lipinski definition) is 4. The average Bonchev–Trinajstić information content (AvgIpc) is 2.63. The van der Waals surface area contributed by atoms with Gasteiger partial charge in [-0.1, -0.05) is 12.1 Å². The molecule has 5 nitrogen and oxygen atoms in total. The van der Waals surface area contributed by atoms with Crippen molar-refractivity contribution in [3.63, 3.8) is 0 Å². The number of rotatable bonds is 3. The number of benzene rings is 1. The minimum absolute atomic E-state index is 0.123. The lowest BCUT2D eigenvalue weighted by Gasteiger charge is -2.32. The molecule has 0 radical (unpaired) electrons. The Morgan fingerprint density at radius 3 is 2.62 bits per heavy atom. The van der Waals surface area contributed by atoms with Crippen LogP contribution in [0.5, 0.6) is 0 Å². The predicted octanol–water partition coefficient (Wildman–Crippen LogP) is 2.81. The molecular weight excluding hydrogens is 307 g/mol. The van der Waals surface area contributed by atoms with E-state index >= 15 is 0 Å². The SMILES string of the molecule is N#Cc1ccc(NC2CCN(C(=O)c3ccccc3F)CC2)nc1. The van der Waals surface area contributed by atoms with E-state index in [1.165, 1.54) is 18.3 Å². The van der Waals surface area contributed by atoms with Crippen molar-refractivity contribution in [2.24, 2.45) is 0 Å². The van der Waals surface area contributed by atoms with Gasteiger partial charge in [0.15, 0.2) is 0 Å². The normalized spacial score (nSPS) is 14.9. The maximum absolute atomic E-state index is 13.7. The molecule has 122 valence electrons. The highest BCUT2D eigenvalue weighted by atomic mass is 19.1. The fourth-order valence-electron chi connectivity index (χ4n) is 2.79. The van der Waals surface area contributed by atoms with Crippen molar-refractivity contribution in [3.8, 4) is 6.07 Å². The Balaban J connectivity index is 1.56. The van der Waals surface area contributed by atoms with Gasteiger partial charge in [-0.05, 0) is 37.1 Å². The largest absolute Gasteiger partial charge is 0.367 e. The lowest BCUT2D eigenvalue weighted by molar-refractivity contribution is 0.0713. The zero-order valence-corrected chi connectivity index (χ0v) is 13.1. The first kappa shape index (κ1) is 15.9. The van der Waals surface area contributed by atoms with Crippen molar-refractivity contribution in [2.75, 3.05) is 18.4 Å². The first-order valence-corrected chi connectivity index (χ1v) is 7.84. The lowest BCUT2D eigenvalue weighted by atomic mass is 10.0. The van der Waals surface area contributed by atoms with Gasteiger partial charge in [0.05, 0.1) is 11.1 Å². The average molecular weight is 324 g/mol. The van der Waals surface area contributed by atoms with E-state index in [4.69, 9.17) is 5.26 Å². The molecule has 0 unspecified atom stereocenters. The van der Waals surface area contributed by atoms with Gasteiger partial charge in [0, 0.05) is 25.3 Å². The number of nitrogens with zero attached hydrogens (tertiary/aromatic N) is 3. The number of anilines is 1. The Hall–Kier alpha value is -2.94. The minimum Gasteiger partial charge on any atom is -0.367 e. The third kappa shape index (κ3) is 3.51. The molecule has 0 saturated carbocycles. The van der Waals surface area contributed by atoms with E-state index in [2.05, 4.69) is 10.3 Å². The van der Waals surface area contributed by atoms with Crippen molar-refractivity contribution >= 4 is 11.7 Å². The molecule has 1 fully saturated rings. The molecule has 1 saturated heterocycles. The van der Waals surface area contributed by atoms with Gasteiger partial charge in [-0.15, -0.1) is 0 Å². The van der Waals surface area contributed by atoms with E-state index in [0.29, 0.717) is 24.5 Å². The summed E-state index contributed by atoms with van der Waals surface area (Å²) >= 11 is 0. The fourth-order valence-corrected chi connectivity index (χ4v) is 2.79. The summed E-state index contributed by atoms with van der Waals surface area (Å²) < 4.78 is 13.7. The van der Waals surface area contributed by atoms with Gasteiger partial charge in [0.1, 0.15) is 17.7 Å². The Morgan fingerprint density at radius 2 is 2.00 bits per heavy atom. The molecule has 1 aromatic heterocycles. The molecule has 0 aliphatic carbocycles. The van der Waals surface area contributed by atoms with Gasteiger partial charge < -0.3 is 10.2 Å². The fraction of sp³-hybridized carbons (Fsp3) is 0.278. The summed E-state index contributed by atoms with van der Waals surface area (Å²) in [6.07, 6.45) is 3.06. The van der Waals surface area contributed by atoms with Crippen LogP contribution in [0.15, 0.2) is 42.6 Å². The first-order valence-electron chi connectivity index (χ1n) is 7.84. The number of carbonyl (C=O) groups is 1. The number of hydrogen-bond donors (Lipinski definition) is 1. The zero-order valence-electron chi connectivity index (χ0n) is 13.1. The molecule has 1 amide bonds. The van der Waals surface area contributed by atoms with E-state index < -0.39 is 5.82 Å². The van der Waals surface area contributed by atoms with Crippen LogP contribution >= 0.6 is 0 Å². The summed E-state index contributed by atoms with van der Waals surface area (Å²) in [5.41, 5.74) is 0.642. The molecule has 6 heteroatoms. The van der Waals surface area contributed by atoms with E-state index in [-0.39, 0.29) is 17.5 Å². The molecule has 0 spiro atoms. The molecule has 2 aromatic rings. The number of carbonyl (C=O) groups excluding carboxylic acids is 1. The van der Waals surface area contributed by atoms with E-state index in [1.54, 1.807) is 29.2 Å². The summed E-state index contributed by atoms with van der Waals surface area (Å²) in [4.78, 5) is 18.3. The molecule has 2 heterocycles. The monoisotopic (exact) mass is 324 g/mol. The third-order valence-corrected chi connectivity index (χ3v) is 4.13. The second-order valence-corrected chi connectivity index (χ2v) is 5.73. The van der Waals surface area contributed by atoms with Crippen molar-refractivity contribution in [1.82, 2.24) is 9.88 Å². The maximum atomic E-state index is 13.7. The summed E-state index contributed by atoms with van der Waals surface area (Å²) in [6, 6.07) is 11.8. The molecule has 24 heavy (non-hydrogen) atoms. The van der Waals surface area contributed by atoms with Crippen molar-refractivity contribution in [1.29, 1.82) is 5.26 Å².